The van der Waals surface area contributed by atoms with Crippen LogP contribution >= 0.6 is 11.5 Å². The third-order valence-corrected chi connectivity index (χ3v) is 4.21. The van der Waals surface area contributed by atoms with E-state index in [9.17, 15) is 4.79 Å². The van der Waals surface area contributed by atoms with Crippen LogP contribution in [-0.4, -0.2) is 39.4 Å². The van der Waals surface area contributed by atoms with Gasteiger partial charge in [-0.3, -0.25) is 4.79 Å². The summed E-state index contributed by atoms with van der Waals surface area (Å²) in [7, 11) is 0. The van der Waals surface area contributed by atoms with Gasteiger partial charge in [0.1, 0.15) is 10.8 Å². The molecule has 0 unspecified atom stereocenters. The molecule has 1 aliphatic rings. The molecule has 22 heavy (non-hydrogen) atoms. The van der Waals surface area contributed by atoms with E-state index in [-0.39, 0.29) is 11.7 Å². The van der Waals surface area contributed by atoms with E-state index in [1.54, 1.807) is 6.20 Å². The van der Waals surface area contributed by atoms with Crippen molar-refractivity contribution in [2.24, 2.45) is 11.5 Å². The SMILES string of the molecule is Cc1cc(Nc2nc(N3CC[C@@H](N)C3)cnc2C(N)=O)sn1. The highest BCUT2D eigenvalue weighted by atomic mass is 32.1. The number of hydrogen-bond donors (Lipinski definition) is 3. The van der Waals surface area contributed by atoms with E-state index < -0.39 is 5.91 Å². The monoisotopic (exact) mass is 319 g/mol. The molecule has 3 heterocycles. The second kappa shape index (κ2) is 5.85. The Morgan fingerprint density at radius 3 is 2.95 bits per heavy atom. The van der Waals surface area contributed by atoms with Crippen molar-refractivity contribution >= 4 is 34.1 Å². The molecule has 3 rings (SSSR count). The summed E-state index contributed by atoms with van der Waals surface area (Å²) >= 11 is 1.29. The molecule has 5 N–H and O–H groups in total. The highest BCUT2D eigenvalue weighted by molar-refractivity contribution is 7.10. The van der Waals surface area contributed by atoms with Crippen LogP contribution in [0.3, 0.4) is 0 Å². The molecule has 2 aromatic heterocycles. The molecule has 0 aromatic carbocycles. The lowest BCUT2D eigenvalue weighted by Crippen LogP contribution is -2.27. The Balaban J connectivity index is 1.92. The van der Waals surface area contributed by atoms with E-state index in [1.165, 1.54) is 11.5 Å². The first-order chi connectivity index (χ1) is 10.5. The summed E-state index contributed by atoms with van der Waals surface area (Å²) in [5.41, 5.74) is 12.3. The molecule has 0 aliphatic carbocycles. The molecule has 1 atom stereocenters. The highest BCUT2D eigenvalue weighted by Gasteiger charge is 2.22. The number of nitrogens with two attached hydrogens (primary N) is 2. The fraction of sp³-hybridized carbons (Fsp3) is 0.385. The zero-order valence-corrected chi connectivity index (χ0v) is 12.9. The summed E-state index contributed by atoms with van der Waals surface area (Å²) < 4.78 is 4.18. The molecular formula is C13H17N7OS. The number of amides is 1. The molecule has 0 bridgehead atoms. The van der Waals surface area contributed by atoms with Crippen LogP contribution in [0.25, 0.3) is 0 Å². The number of anilines is 3. The van der Waals surface area contributed by atoms with Gasteiger partial charge in [0.05, 0.1) is 11.9 Å². The summed E-state index contributed by atoms with van der Waals surface area (Å²) in [4.78, 5) is 22.2. The minimum absolute atomic E-state index is 0.110. The van der Waals surface area contributed by atoms with Crippen LogP contribution in [0.1, 0.15) is 22.6 Å². The minimum Gasteiger partial charge on any atom is -0.364 e. The van der Waals surface area contributed by atoms with E-state index >= 15 is 0 Å². The van der Waals surface area contributed by atoms with Crippen molar-refractivity contribution in [2.75, 3.05) is 23.3 Å². The molecule has 0 saturated carbocycles. The van der Waals surface area contributed by atoms with Gasteiger partial charge in [-0.05, 0) is 30.9 Å². The summed E-state index contributed by atoms with van der Waals surface area (Å²) in [6.07, 6.45) is 2.47. The van der Waals surface area contributed by atoms with Crippen LogP contribution in [0.4, 0.5) is 16.6 Å². The van der Waals surface area contributed by atoms with Gasteiger partial charge in [0, 0.05) is 19.1 Å². The van der Waals surface area contributed by atoms with Gasteiger partial charge in [0.15, 0.2) is 11.5 Å². The number of hydrogen-bond acceptors (Lipinski definition) is 8. The zero-order valence-electron chi connectivity index (χ0n) is 12.1. The van der Waals surface area contributed by atoms with Gasteiger partial charge in [0.2, 0.25) is 0 Å². The lowest BCUT2D eigenvalue weighted by Gasteiger charge is -2.18. The summed E-state index contributed by atoms with van der Waals surface area (Å²) in [6, 6.07) is 2.01. The standard InChI is InChI=1S/C13H17N7OS/c1-7-4-10(22-19-7)18-13-11(12(15)21)16-5-9(17-13)20-3-2-8(14)6-20/h4-5,8H,2-3,6,14H2,1H3,(H2,15,21)(H,17,18)/t8-/m1/s1. The highest BCUT2D eigenvalue weighted by Crippen LogP contribution is 2.25. The normalized spacial score (nSPS) is 17.7. The first-order valence-corrected chi connectivity index (χ1v) is 7.68. The Labute approximate surface area is 131 Å². The van der Waals surface area contributed by atoms with Crippen LogP contribution in [0.5, 0.6) is 0 Å². The quantitative estimate of drug-likeness (QED) is 0.755. The number of aryl methyl sites for hydroxylation is 1. The van der Waals surface area contributed by atoms with Gasteiger partial charge in [0.25, 0.3) is 5.91 Å². The summed E-state index contributed by atoms with van der Waals surface area (Å²) in [5, 5.41) is 3.86. The predicted octanol–water partition coefficient (Wildman–Crippen LogP) is 0.621. The van der Waals surface area contributed by atoms with Gasteiger partial charge in [-0.2, -0.15) is 4.37 Å². The third-order valence-electron chi connectivity index (χ3n) is 3.41. The predicted molar refractivity (Wildman–Crippen MR) is 85.5 cm³/mol. The molecule has 0 radical (unpaired) electrons. The number of nitrogens with one attached hydrogen (secondary N) is 1. The van der Waals surface area contributed by atoms with Gasteiger partial charge in [-0.15, -0.1) is 0 Å². The van der Waals surface area contributed by atoms with Crippen molar-refractivity contribution in [3.8, 4) is 0 Å². The number of rotatable bonds is 4. The lowest BCUT2D eigenvalue weighted by molar-refractivity contribution is 0.0996. The maximum Gasteiger partial charge on any atom is 0.271 e. The van der Waals surface area contributed by atoms with Gasteiger partial charge < -0.3 is 21.7 Å². The molecule has 1 saturated heterocycles. The molecule has 1 amide bonds. The topological polar surface area (TPSA) is 123 Å². The lowest BCUT2D eigenvalue weighted by atomic mass is 10.3. The Bertz CT molecular complexity index is 701. The van der Waals surface area contributed by atoms with Gasteiger partial charge in [-0.25, -0.2) is 9.97 Å². The maximum absolute atomic E-state index is 11.5. The number of nitrogens with zero attached hydrogens (tertiary/aromatic N) is 4. The van der Waals surface area contributed by atoms with Crippen molar-refractivity contribution in [3.63, 3.8) is 0 Å². The van der Waals surface area contributed by atoms with Crippen LogP contribution in [0.15, 0.2) is 12.3 Å². The molecule has 8 nitrogen and oxygen atoms in total. The molecular weight excluding hydrogens is 302 g/mol. The van der Waals surface area contributed by atoms with E-state index in [1.807, 2.05) is 17.9 Å². The van der Waals surface area contributed by atoms with E-state index in [2.05, 4.69) is 19.7 Å². The smallest absolute Gasteiger partial charge is 0.271 e. The molecule has 9 heteroatoms. The van der Waals surface area contributed by atoms with Crippen molar-refractivity contribution in [2.45, 2.75) is 19.4 Å². The number of carbonyl (C=O) groups is 1. The molecule has 116 valence electrons. The second-order valence-electron chi connectivity index (χ2n) is 5.24. The fourth-order valence-corrected chi connectivity index (χ4v) is 2.99. The molecule has 0 spiro atoms. The zero-order chi connectivity index (χ0) is 15.7. The largest absolute Gasteiger partial charge is 0.364 e. The molecule has 1 fully saturated rings. The van der Waals surface area contributed by atoms with E-state index in [0.29, 0.717) is 11.6 Å². The number of carbonyl (C=O) groups excluding carboxylic acids is 1. The Hall–Kier alpha value is -2.26. The Kier molecular flexibility index (Phi) is 3.90. The van der Waals surface area contributed by atoms with Crippen LogP contribution < -0.4 is 21.7 Å². The van der Waals surface area contributed by atoms with Crippen molar-refractivity contribution < 1.29 is 4.79 Å². The van der Waals surface area contributed by atoms with Crippen LogP contribution in [0, 0.1) is 6.92 Å². The number of primary amides is 1. The third kappa shape index (κ3) is 3.00. The Morgan fingerprint density at radius 1 is 1.55 bits per heavy atom. The van der Waals surface area contributed by atoms with Gasteiger partial charge in [-0.1, -0.05) is 0 Å². The van der Waals surface area contributed by atoms with Gasteiger partial charge >= 0.3 is 0 Å². The number of aromatic nitrogens is 3. The molecule has 1 aliphatic heterocycles. The van der Waals surface area contributed by atoms with Crippen LogP contribution in [0.2, 0.25) is 0 Å². The van der Waals surface area contributed by atoms with Crippen molar-refractivity contribution in [1.29, 1.82) is 0 Å². The minimum atomic E-state index is -0.624. The average Bonchev–Trinajstić information content (AvgIpc) is 3.07. The van der Waals surface area contributed by atoms with Crippen molar-refractivity contribution in [3.05, 3.63) is 23.7 Å². The van der Waals surface area contributed by atoms with E-state index in [0.717, 1.165) is 30.2 Å². The Morgan fingerprint density at radius 2 is 2.36 bits per heavy atom. The van der Waals surface area contributed by atoms with Crippen LogP contribution in [-0.2, 0) is 0 Å². The first-order valence-electron chi connectivity index (χ1n) is 6.90. The molecule has 2 aromatic rings. The first kappa shape index (κ1) is 14.7. The fourth-order valence-electron chi connectivity index (χ4n) is 2.33. The second-order valence-corrected chi connectivity index (χ2v) is 6.05. The summed E-state index contributed by atoms with van der Waals surface area (Å²) in [6.45, 7) is 3.44. The maximum atomic E-state index is 11.5. The van der Waals surface area contributed by atoms with Crippen molar-refractivity contribution in [1.82, 2.24) is 14.3 Å². The summed E-state index contributed by atoms with van der Waals surface area (Å²) in [5.74, 6) is 0.400. The van der Waals surface area contributed by atoms with E-state index in [4.69, 9.17) is 11.5 Å². The average molecular weight is 319 g/mol.